The van der Waals surface area contributed by atoms with Gasteiger partial charge in [0.1, 0.15) is 11.6 Å². The minimum Gasteiger partial charge on any atom is -0.355 e. The molecule has 3 aromatic rings. The summed E-state index contributed by atoms with van der Waals surface area (Å²) in [5, 5.41) is 10.2. The summed E-state index contributed by atoms with van der Waals surface area (Å²) in [7, 11) is 1.82. The molecule has 2 heterocycles. The van der Waals surface area contributed by atoms with Gasteiger partial charge < -0.3 is 9.84 Å². The Morgan fingerprint density at radius 1 is 1.32 bits per heavy atom. The van der Waals surface area contributed by atoms with E-state index in [9.17, 15) is 13.6 Å². The molecule has 0 aliphatic rings. The number of carbonyl (C=O) groups is 1. The summed E-state index contributed by atoms with van der Waals surface area (Å²) in [5.41, 5.74) is 1.80. The maximum atomic E-state index is 13.7. The SMILES string of the molecule is Cc1c(C=CNC(=O)c2cc(-c3ccc(F)cc3F)on2)cnn1C. The van der Waals surface area contributed by atoms with Crippen LogP contribution >= 0.6 is 0 Å². The molecule has 0 unspecified atom stereocenters. The molecule has 128 valence electrons. The fourth-order valence-electron chi connectivity index (χ4n) is 2.16. The summed E-state index contributed by atoms with van der Waals surface area (Å²) in [6.07, 6.45) is 4.82. The van der Waals surface area contributed by atoms with E-state index < -0.39 is 17.5 Å². The topological polar surface area (TPSA) is 73.0 Å². The third-order valence-corrected chi connectivity index (χ3v) is 3.69. The summed E-state index contributed by atoms with van der Waals surface area (Å²) < 4.78 is 33.4. The van der Waals surface area contributed by atoms with Crippen LogP contribution < -0.4 is 5.32 Å². The molecule has 3 rings (SSSR count). The first kappa shape index (κ1) is 16.6. The Morgan fingerprint density at radius 2 is 2.12 bits per heavy atom. The van der Waals surface area contributed by atoms with Crippen LogP contribution in [0.4, 0.5) is 8.78 Å². The molecule has 0 bridgehead atoms. The third kappa shape index (κ3) is 3.47. The Hall–Kier alpha value is -3.29. The lowest BCUT2D eigenvalue weighted by molar-refractivity contribution is 0.0961. The Labute approximate surface area is 141 Å². The number of nitrogens with zero attached hydrogens (tertiary/aromatic N) is 3. The van der Waals surface area contributed by atoms with Crippen LogP contribution in [0.2, 0.25) is 0 Å². The Kier molecular flexibility index (Phi) is 4.42. The van der Waals surface area contributed by atoms with Crippen LogP contribution in [-0.4, -0.2) is 20.8 Å². The van der Waals surface area contributed by atoms with Crippen LogP contribution in [0.15, 0.2) is 41.2 Å². The molecule has 0 saturated carbocycles. The third-order valence-electron chi connectivity index (χ3n) is 3.69. The average Bonchev–Trinajstić information content (AvgIpc) is 3.17. The van der Waals surface area contributed by atoms with Gasteiger partial charge in [-0.3, -0.25) is 9.48 Å². The molecule has 0 aliphatic carbocycles. The van der Waals surface area contributed by atoms with Gasteiger partial charge in [-0.2, -0.15) is 5.10 Å². The van der Waals surface area contributed by atoms with Gasteiger partial charge in [0.25, 0.3) is 5.91 Å². The number of halogens is 2. The van der Waals surface area contributed by atoms with Gasteiger partial charge in [0.05, 0.1) is 11.8 Å². The van der Waals surface area contributed by atoms with Crippen LogP contribution in [0.25, 0.3) is 17.4 Å². The fraction of sp³-hybridized carbons (Fsp3) is 0.118. The highest BCUT2D eigenvalue weighted by atomic mass is 19.1. The summed E-state index contributed by atoms with van der Waals surface area (Å²) >= 11 is 0. The van der Waals surface area contributed by atoms with Crippen LogP contribution in [0.1, 0.15) is 21.7 Å². The van der Waals surface area contributed by atoms with E-state index in [1.165, 1.54) is 18.3 Å². The summed E-state index contributed by atoms with van der Waals surface area (Å²) in [6, 6.07) is 4.34. The molecule has 0 radical (unpaired) electrons. The van der Waals surface area contributed by atoms with E-state index in [1.54, 1.807) is 17.0 Å². The maximum absolute atomic E-state index is 13.7. The lowest BCUT2D eigenvalue weighted by Crippen LogP contribution is -2.17. The molecule has 1 N–H and O–H groups in total. The predicted molar refractivity (Wildman–Crippen MR) is 86.3 cm³/mol. The van der Waals surface area contributed by atoms with Crippen molar-refractivity contribution in [1.29, 1.82) is 0 Å². The van der Waals surface area contributed by atoms with Gasteiger partial charge in [0.2, 0.25) is 0 Å². The quantitative estimate of drug-likeness (QED) is 0.789. The van der Waals surface area contributed by atoms with E-state index in [-0.39, 0.29) is 17.0 Å². The zero-order chi connectivity index (χ0) is 18.0. The van der Waals surface area contributed by atoms with Crippen molar-refractivity contribution in [3.63, 3.8) is 0 Å². The largest absolute Gasteiger partial charge is 0.355 e. The second-order valence-corrected chi connectivity index (χ2v) is 5.32. The van der Waals surface area contributed by atoms with E-state index in [2.05, 4.69) is 15.6 Å². The number of hydrogen-bond donors (Lipinski definition) is 1. The van der Waals surface area contributed by atoms with E-state index >= 15 is 0 Å². The highest BCUT2D eigenvalue weighted by Crippen LogP contribution is 2.24. The number of rotatable bonds is 4. The van der Waals surface area contributed by atoms with Gasteiger partial charge in [-0.25, -0.2) is 8.78 Å². The molecule has 0 spiro atoms. The number of amides is 1. The van der Waals surface area contributed by atoms with Crippen LogP contribution in [0, 0.1) is 18.6 Å². The molecule has 2 aromatic heterocycles. The number of hydrogen-bond acceptors (Lipinski definition) is 4. The molecule has 0 aliphatic heterocycles. The van der Waals surface area contributed by atoms with Crippen LogP contribution in [-0.2, 0) is 7.05 Å². The molecular weight excluding hydrogens is 330 g/mol. The molecule has 0 atom stereocenters. The van der Waals surface area contributed by atoms with Gasteiger partial charge in [0, 0.05) is 36.6 Å². The van der Waals surface area contributed by atoms with Crippen molar-refractivity contribution in [2.24, 2.45) is 7.05 Å². The fourth-order valence-corrected chi connectivity index (χ4v) is 2.16. The van der Waals surface area contributed by atoms with Crippen molar-refractivity contribution in [1.82, 2.24) is 20.3 Å². The van der Waals surface area contributed by atoms with E-state index in [4.69, 9.17) is 4.52 Å². The molecule has 0 saturated heterocycles. The predicted octanol–water partition coefficient (Wildman–Crippen LogP) is 3.06. The summed E-state index contributed by atoms with van der Waals surface area (Å²) in [4.78, 5) is 12.0. The van der Waals surface area contributed by atoms with Crippen molar-refractivity contribution in [3.05, 3.63) is 65.2 Å². The molecule has 1 amide bonds. The number of aromatic nitrogens is 3. The Morgan fingerprint density at radius 3 is 2.80 bits per heavy atom. The number of benzene rings is 1. The zero-order valence-corrected chi connectivity index (χ0v) is 13.5. The smallest absolute Gasteiger partial charge is 0.277 e. The van der Waals surface area contributed by atoms with Gasteiger partial charge in [-0.05, 0) is 25.1 Å². The van der Waals surface area contributed by atoms with E-state index in [0.717, 1.165) is 23.4 Å². The van der Waals surface area contributed by atoms with Crippen molar-refractivity contribution in [2.45, 2.75) is 6.92 Å². The van der Waals surface area contributed by atoms with Crippen molar-refractivity contribution in [3.8, 4) is 11.3 Å². The lowest BCUT2D eigenvalue weighted by atomic mass is 10.1. The van der Waals surface area contributed by atoms with Crippen LogP contribution in [0.3, 0.4) is 0 Å². The highest BCUT2D eigenvalue weighted by molar-refractivity contribution is 5.94. The molecule has 1 aromatic carbocycles. The maximum Gasteiger partial charge on any atom is 0.277 e. The number of aryl methyl sites for hydroxylation is 1. The summed E-state index contributed by atoms with van der Waals surface area (Å²) in [5.74, 6) is -1.98. The molecular formula is C17H14F2N4O2. The van der Waals surface area contributed by atoms with E-state index in [1.807, 2.05) is 14.0 Å². The molecule has 6 nitrogen and oxygen atoms in total. The number of carbonyl (C=O) groups excluding carboxylic acids is 1. The van der Waals surface area contributed by atoms with Crippen molar-refractivity contribution < 1.29 is 18.1 Å². The number of nitrogens with one attached hydrogen (secondary N) is 1. The van der Waals surface area contributed by atoms with Gasteiger partial charge in [0.15, 0.2) is 11.5 Å². The van der Waals surface area contributed by atoms with Gasteiger partial charge in [-0.15, -0.1) is 0 Å². The molecule has 8 heteroatoms. The molecule has 0 fully saturated rings. The minimum absolute atomic E-state index is 0.0220. The lowest BCUT2D eigenvalue weighted by Gasteiger charge is -1.97. The van der Waals surface area contributed by atoms with E-state index in [0.29, 0.717) is 0 Å². The first-order valence-electron chi connectivity index (χ1n) is 7.34. The van der Waals surface area contributed by atoms with Crippen molar-refractivity contribution in [2.75, 3.05) is 0 Å². The Bertz CT molecular complexity index is 959. The minimum atomic E-state index is -0.796. The monoisotopic (exact) mass is 344 g/mol. The van der Waals surface area contributed by atoms with Gasteiger partial charge >= 0.3 is 0 Å². The Balaban J connectivity index is 1.71. The second kappa shape index (κ2) is 6.68. The van der Waals surface area contributed by atoms with Crippen molar-refractivity contribution >= 4 is 12.0 Å². The zero-order valence-electron chi connectivity index (χ0n) is 13.5. The summed E-state index contributed by atoms with van der Waals surface area (Å²) in [6.45, 7) is 1.90. The average molecular weight is 344 g/mol. The van der Waals surface area contributed by atoms with Gasteiger partial charge in [-0.1, -0.05) is 5.16 Å². The normalized spacial score (nSPS) is 11.2. The molecule has 25 heavy (non-hydrogen) atoms. The standard InChI is InChI=1S/C17H14F2N4O2/c1-10-11(9-21-23(10)2)5-6-20-17(24)15-8-16(25-22-15)13-4-3-12(18)7-14(13)19/h3-9H,1-2H3,(H,20,24). The first-order valence-corrected chi connectivity index (χ1v) is 7.34. The second-order valence-electron chi connectivity index (χ2n) is 5.32. The first-order chi connectivity index (χ1) is 12.0. The van der Waals surface area contributed by atoms with Crippen LogP contribution in [0.5, 0.6) is 0 Å². The highest BCUT2D eigenvalue weighted by Gasteiger charge is 2.15.